The third-order valence-electron chi connectivity index (χ3n) is 2.97. The molecule has 1 atom stereocenters. The first kappa shape index (κ1) is 15.9. The van der Waals surface area contributed by atoms with Crippen LogP contribution in [-0.4, -0.2) is 11.5 Å². The molecule has 0 aliphatic heterocycles. The number of halogens is 4. The fourth-order valence-electron chi connectivity index (χ4n) is 2.05. The summed E-state index contributed by atoms with van der Waals surface area (Å²) in [7, 11) is 0. The smallest absolute Gasteiger partial charge is 0.305 e. The van der Waals surface area contributed by atoms with Crippen molar-refractivity contribution in [2.45, 2.75) is 26.1 Å². The molecule has 0 bridgehead atoms. The van der Waals surface area contributed by atoms with Gasteiger partial charge in [0.05, 0.1) is 22.3 Å². The highest BCUT2D eigenvalue weighted by Crippen LogP contribution is 2.33. The standard InChI is InChI=1S/C14H14F4N2S/c1-3-19-13(12-7-21-8(2)20-12)9-4-5-10(11(15)6-9)14(16,17)18/h4-7,13,19H,3H2,1-2H3. The molecule has 2 aromatic rings. The van der Waals surface area contributed by atoms with Crippen molar-refractivity contribution in [2.75, 3.05) is 6.54 Å². The molecule has 0 amide bonds. The molecule has 1 aromatic carbocycles. The van der Waals surface area contributed by atoms with Gasteiger partial charge in [0, 0.05) is 5.38 Å². The molecule has 1 N–H and O–H groups in total. The molecule has 0 saturated carbocycles. The molecule has 2 rings (SSSR count). The fraction of sp³-hybridized carbons (Fsp3) is 0.357. The Balaban J connectivity index is 2.40. The van der Waals surface area contributed by atoms with E-state index in [-0.39, 0.29) is 0 Å². The van der Waals surface area contributed by atoms with Crippen LogP contribution in [0.25, 0.3) is 0 Å². The summed E-state index contributed by atoms with van der Waals surface area (Å²) in [5, 5.41) is 5.78. The van der Waals surface area contributed by atoms with Crippen molar-refractivity contribution < 1.29 is 17.6 Å². The van der Waals surface area contributed by atoms with Gasteiger partial charge in [0.2, 0.25) is 0 Å². The maximum Gasteiger partial charge on any atom is 0.419 e. The second-order valence-electron chi connectivity index (χ2n) is 4.52. The van der Waals surface area contributed by atoms with Crippen LogP contribution in [0.4, 0.5) is 17.6 Å². The largest absolute Gasteiger partial charge is 0.419 e. The van der Waals surface area contributed by atoms with Crippen LogP contribution in [0.2, 0.25) is 0 Å². The normalized spacial score (nSPS) is 13.4. The Bertz CT molecular complexity index is 622. The van der Waals surface area contributed by atoms with Crippen molar-refractivity contribution in [2.24, 2.45) is 0 Å². The molecule has 1 aromatic heterocycles. The zero-order chi connectivity index (χ0) is 15.6. The van der Waals surface area contributed by atoms with E-state index < -0.39 is 23.6 Å². The molecular formula is C14H14F4N2S. The number of aromatic nitrogens is 1. The highest BCUT2D eigenvalue weighted by Gasteiger charge is 2.34. The lowest BCUT2D eigenvalue weighted by Gasteiger charge is -2.17. The van der Waals surface area contributed by atoms with E-state index in [1.807, 2.05) is 19.2 Å². The number of benzene rings is 1. The van der Waals surface area contributed by atoms with Crippen molar-refractivity contribution in [3.05, 3.63) is 51.2 Å². The molecule has 21 heavy (non-hydrogen) atoms. The Hall–Kier alpha value is -1.47. The number of alkyl halides is 3. The van der Waals surface area contributed by atoms with E-state index in [0.717, 1.165) is 17.1 Å². The Morgan fingerprint density at radius 1 is 1.33 bits per heavy atom. The number of rotatable bonds is 4. The summed E-state index contributed by atoms with van der Waals surface area (Å²) < 4.78 is 51.5. The summed E-state index contributed by atoms with van der Waals surface area (Å²) in [6.07, 6.45) is -4.69. The molecule has 7 heteroatoms. The van der Waals surface area contributed by atoms with Crippen molar-refractivity contribution in [1.29, 1.82) is 0 Å². The van der Waals surface area contributed by atoms with Gasteiger partial charge in [-0.25, -0.2) is 9.37 Å². The summed E-state index contributed by atoms with van der Waals surface area (Å²) >= 11 is 1.44. The van der Waals surface area contributed by atoms with Gasteiger partial charge in [0.1, 0.15) is 5.82 Å². The molecule has 1 heterocycles. The monoisotopic (exact) mass is 318 g/mol. The maximum atomic E-state index is 13.7. The average Bonchev–Trinajstić information content (AvgIpc) is 2.80. The van der Waals surface area contributed by atoms with Crippen LogP contribution in [0.5, 0.6) is 0 Å². The molecule has 0 saturated heterocycles. The first-order valence-electron chi connectivity index (χ1n) is 6.35. The topological polar surface area (TPSA) is 24.9 Å². The van der Waals surface area contributed by atoms with E-state index in [1.54, 1.807) is 0 Å². The van der Waals surface area contributed by atoms with Crippen molar-refractivity contribution in [3.8, 4) is 0 Å². The van der Waals surface area contributed by atoms with E-state index in [1.165, 1.54) is 17.4 Å². The van der Waals surface area contributed by atoms with Crippen molar-refractivity contribution >= 4 is 11.3 Å². The SMILES string of the molecule is CCNC(c1ccc(C(F)(F)F)c(F)c1)c1csc(C)n1. The minimum absolute atomic E-state index is 0.420. The highest BCUT2D eigenvalue weighted by molar-refractivity contribution is 7.09. The van der Waals surface area contributed by atoms with E-state index in [4.69, 9.17) is 0 Å². The predicted molar refractivity (Wildman–Crippen MR) is 73.8 cm³/mol. The van der Waals surface area contributed by atoms with E-state index in [9.17, 15) is 17.6 Å². The first-order chi connectivity index (χ1) is 9.82. The summed E-state index contributed by atoms with van der Waals surface area (Å²) in [4.78, 5) is 4.32. The van der Waals surface area contributed by atoms with Crippen LogP contribution in [0.3, 0.4) is 0 Å². The summed E-state index contributed by atoms with van der Waals surface area (Å²) in [6.45, 7) is 4.29. The van der Waals surface area contributed by atoms with Gasteiger partial charge in [-0.2, -0.15) is 13.2 Å². The Kier molecular flexibility index (Phi) is 4.63. The minimum Gasteiger partial charge on any atom is -0.305 e. The number of nitrogens with zero attached hydrogens (tertiary/aromatic N) is 1. The molecule has 0 radical (unpaired) electrons. The van der Waals surface area contributed by atoms with Crippen LogP contribution in [0.15, 0.2) is 23.6 Å². The molecule has 114 valence electrons. The number of thiazole rings is 1. The molecule has 0 spiro atoms. The van der Waals surface area contributed by atoms with Crippen molar-refractivity contribution in [3.63, 3.8) is 0 Å². The molecule has 0 fully saturated rings. The highest BCUT2D eigenvalue weighted by atomic mass is 32.1. The molecule has 0 aliphatic rings. The summed E-state index contributed by atoms with van der Waals surface area (Å²) in [6, 6.07) is 2.56. The lowest BCUT2D eigenvalue weighted by atomic mass is 10.0. The van der Waals surface area contributed by atoms with E-state index in [0.29, 0.717) is 17.8 Å². The zero-order valence-corrected chi connectivity index (χ0v) is 12.3. The van der Waals surface area contributed by atoms with Gasteiger partial charge in [0.25, 0.3) is 0 Å². The molecule has 1 unspecified atom stereocenters. The zero-order valence-electron chi connectivity index (χ0n) is 11.5. The Labute approximate surface area is 123 Å². The van der Waals surface area contributed by atoms with Gasteiger partial charge in [0.15, 0.2) is 0 Å². The second-order valence-corrected chi connectivity index (χ2v) is 5.58. The van der Waals surface area contributed by atoms with Crippen LogP contribution >= 0.6 is 11.3 Å². The van der Waals surface area contributed by atoms with Crippen LogP contribution in [0.1, 0.15) is 34.8 Å². The molecule has 0 aliphatic carbocycles. The minimum atomic E-state index is -4.69. The van der Waals surface area contributed by atoms with Crippen molar-refractivity contribution in [1.82, 2.24) is 10.3 Å². The number of aryl methyl sites for hydroxylation is 1. The lowest BCUT2D eigenvalue weighted by Crippen LogP contribution is -2.23. The van der Waals surface area contributed by atoms with Gasteiger partial charge in [-0.05, 0) is 31.2 Å². The summed E-state index contributed by atoms with van der Waals surface area (Å²) in [5.41, 5.74) is -0.151. The van der Waals surface area contributed by atoms with Crippen LogP contribution < -0.4 is 5.32 Å². The van der Waals surface area contributed by atoms with Gasteiger partial charge in [-0.1, -0.05) is 13.0 Å². The van der Waals surface area contributed by atoms with E-state index in [2.05, 4.69) is 10.3 Å². The van der Waals surface area contributed by atoms with Gasteiger partial charge in [-0.3, -0.25) is 0 Å². The van der Waals surface area contributed by atoms with Crippen LogP contribution in [-0.2, 0) is 6.18 Å². The number of hydrogen-bond donors (Lipinski definition) is 1. The average molecular weight is 318 g/mol. The lowest BCUT2D eigenvalue weighted by molar-refractivity contribution is -0.140. The number of nitrogens with one attached hydrogen (secondary N) is 1. The first-order valence-corrected chi connectivity index (χ1v) is 7.23. The van der Waals surface area contributed by atoms with E-state index >= 15 is 0 Å². The van der Waals surface area contributed by atoms with Crippen LogP contribution in [0, 0.1) is 12.7 Å². The summed E-state index contributed by atoms with van der Waals surface area (Å²) in [5.74, 6) is -1.27. The maximum absolute atomic E-state index is 13.7. The third-order valence-corrected chi connectivity index (χ3v) is 3.76. The Morgan fingerprint density at radius 2 is 2.05 bits per heavy atom. The third kappa shape index (κ3) is 3.59. The number of hydrogen-bond acceptors (Lipinski definition) is 3. The van der Waals surface area contributed by atoms with Gasteiger partial charge in [-0.15, -0.1) is 11.3 Å². The predicted octanol–water partition coefficient (Wildman–Crippen LogP) is 4.31. The van der Waals surface area contributed by atoms with Gasteiger partial charge >= 0.3 is 6.18 Å². The van der Waals surface area contributed by atoms with Gasteiger partial charge < -0.3 is 5.32 Å². The molecular weight excluding hydrogens is 304 g/mol. The Morgan fingerprint density at radius 3 is 2.52 bits per heavy atom. The quantitative estimate of drug-likeness (QED) is 0.850. The second kappa shape index (κ2) is 6.11. The molecule has 2 nitrogen and oxygen atoms in total. The fourth-order valence-corrected chi connectivity index (χ4v) is 2.69.